The van der Waals surface area contributed by atoms with Gasteiger partial charge in [0.1, 0.15) is 6.04 Å². The molecule has 0 fully saturated rings. The molecule has 0 rings (SSSR count). The summed E-state index contributed by atoms with van der Waals surface area (Å²) in [6.07, 6.45) is 0. The first kappa shape index (κ1) is 10.4. The van der Waals surface area contributed by atoms with Gasteiger partial charge in [-0.3, -0.25) is 9.69 Å². The first-order valence-corrected chi connectivity index (χ1v) is 3.88. The highest BCUT2D eigenvalue weighted by molar-refractivity contribution is 5.72. The van der Waals surface area contributed by atoms with Gasteiger partial charge in [-0.15, -0.1) is 0 Å². The lowest BCUT2D eigenvalue weighted by Gasteiger charge is -2.22. The fourth-order valence-corrected chi connectivity index (χ4v) is 0.923. The van der Waals surface area contributed by atoms with Crippen LogP contribution in [0.4, 0.5) is 0 Å². The molecule has 66 valence electrons. The molecule has 1 atom stereocenters. The highest BCUT2D eigenvalue weighted by atomic mass is 16.4. The van der Waals surface area contributed by atoms with Crippen molar-refractivity contribution >= 4 is 5.97 Å². The molecule has 0 heterocycles. The second-order valence-electron chi connectivity index (χ2n) is 3.35. The van der Waals surface area contributed by atoms with Crippen LogP contribution in [0, 0.1) is 5.92 Å². The predicted molar refractivity (Wildman–Crippen MR) is 44.6 cm³/mol. The maximum atomic E-state index is 10.5. The Morgan fingerprint density at radius 3 is 2.18 bits per heavy atom. The number of carboxylic acid groups (broad SMARTS) is 1. The molecule has 0 saturated carbocycles. The number of aliphatic carboxylic acids is 1. The molecule has 0 aromatic heterocycles. The van der Waals surface area contributed by atoms with Crippen LogP contribution in [0.5, 0.6) is 0 Å². The zero-order chi connectivity index (χ0) is 9.02. The van der Waals surface area contributed by atoms with Gasteiger partial charge < -0.3 is 5.11 Å². The summed E-state index contributed by atoms with van der Waals surface area (Å²) in [6, 6.07) is -0.377. The van der Waals surface area contributed by atoms with Crippen LogP contribution in [0.15, 0.2) is 0 Å². The number of rotatable bonds is 4. The first-order valence-electron chi connectivity index (χ1n) is 3.88. The summed E-state index contributed by atoms with van der Waals surface area (Å²) < 4.78 is 0. The molecule has 0 aliphatic heterocycles. The Kier molecular flexibility index (Phi) is 4.11. The molecule has 3 nitrogen and oxygen atoms in total. The minimum absolute atomic E-state index is 0.377. The molecule has 0 aromatic rings. The van der Waals surface area contributed by atoms with Crippen molar-refractivity contribution < 1.29 is 9.90 Å². The standard InChI is InChI=1S/C8H17NO2/c1-6(2)5-9(4)7(3)8(10)11/h6-7H,5H2,1-4H3,(H,10,11). The second kappa shape index (κ2) is 4.34. The molecule has 3 heteroatoms. The van der Waals surface area contributed by atoms with Gasteiger partial charge in [-0.25, -0.2) is 0 Å². The van der Waals surface area contributed by atoms with E-state index < -0.39 is 5.97 Å². The Hall–Kier alpha value is -0.570. The highest BCUT2D eigenvalue weighted by Crippen LogP contribution is 2.00. The Bertz CT molecular complexity index is 134. The highest BCUT2D eigenvalue weighted by Gasteiger charge is 2.16. The SMILES string of the molecule is CC(C)CN(C)C(C)C(=O)O. The Morgan fingerprint density at radius 1 is 1.45 bits per heavy atom. The molecule has 0 aliphatic carbocycles. The van der Waals surface area contributed by atoms with E-state index in [1.165, 1.54) is 0 Å². The molecular weight excluding hydrogens is 142 g/mol. The Balaban J connectivity index is 3.82. The van der Waals surface area contributed by atoms with Gasteiger partial charge >= 0.3 is 5.97 Å². The van der Waals surface area contributed by atoms with E-state index in [0.29, 0.717) is 5.92 Å². The van der Waals surface area contributed by atoms with Crippen LogP contribution in [0.25, 0.3) is 0 Å². The third-order valence-corrected chi connectivity index (χ3v) is 1.67. The van der Waals surface area contributed by atoms with E-state index in [0.717, 1.165) is 6.54 Å². The monoisotopic (exact) mass is 159 g/mol. The van der Waals surface area contributed by atoms with Gasteiger partial charge in [-0.1, -0.05) is 13.8 Å². The van der Waals surface area contributed by atoms with Crippen LogP contribution in [0.2, 0.25) is 0 Å². The van der Waals surface area contributed by atoms with E-state index >= 15 is 0 Å². The number of carboxylic acids is 1. The van der Waals surface area contributed by atoms with Gasteiger partial charge in [0.05, 0.1) is 0 Å². The zero-order valence-electron chi connectivity index (χ0n) is 7.66. The molecule has 11 heavy (non-hydrogen) atoms. The Labute approximate surface area is 68.0 Å². The topological polar surface area (TPSA) is 40.5 Å². The van der Waals surface area contributed by atoms with Crippen molar-refractivity contribution in [2.24, 2.45) is 5.92 Å². The van der Waals surface area contributed by atoms with Crippen LogP contribution in [0.3, 0.4) is 0 Å². The number of hydrogen-bond donors (Lipinski definition) is 1. The molecule has 0 aromatic carbocycles. The van der Waals surface area contributed by atoms with Crippen LogP contribution in [0.1, 0.15) is 20.8 Å². The first-order chi connectivity index (χ1) is 4.95. The summed E-state index contributed by atoms with van der Waals surface area (Å²) in [5, 5.41) is 8.62. The van der Waals surface area contributed by atoms with Crippen molar-refractivity contribution in [1.29, 1.82) is 0 Å². The van der Waals surface area contributed by atoms with Gasteiger partial charge in [-0.05, 0) is 19.9 Å². The van der Waals surface area contributed by atoms with E-state index in [4.69, 9.17) is 5.11 Å². The number of hydrogen-bond acceptors (Lipinski definition) is 2. The molecule has 0 aliphatic rings. The molecule has 1 unspecified atom stereocenters. The van der Waals surface area contributed by atoms with Gasteiger partial charge in [0.15, 0.2) is 0 Å². The van der Waals surface area contributed by atoms with E-state index in [-0.39, 0.29) is 6.04 Å². The fourth-order valence-electron chi connectivity index (χ4n) is 0.923. The largest absolute Gasteiger partial charge is 0.480 e. The predicted octanol–water partition coefficient (Wildman–Crippen LogP) is 1.05. The lowest BCUT2D eigenvalue weighted by atomic mass is 10.2. The Morgan fingerprint density at radius 2 is 1.91 bits per heavy atom. The van der Waals surface area contributed by atoms with Crippen LogP contribution >= 0.6 is 0 Å². The number of likely N-dealkylation sites (N-methyl/N-ethyl adjacent to an activating group) is 1. The summed E-state index contributed by atoms with van der Waals surface area (Å²) in [4.78, 5) is 12.3. The maximum absolute atomic E-state index is 10.5. The third kappa shape index (κ3) is 3.98. The van der Waals surface area contributed by atoms with Crippen molar-refractivity contribution in [3.63, 3.8) is 0 Å². The quantitative estimate of drug-likeness (QED) is 0.666. The van der Waals surface area contributed by atoms with Crippen LogP contribution in [-0.4, -0.2) is 35.6 Å². The lowest BCUT2D eigenvalue weighted by Crippen LogP contribution is -2.37. The van der Waals surface area contributed by atoms with Gasteiger partial charge in [-0.2, -0.15) is 0 Å². The van der Waals surface area contributed by atoms with Crippen molar-refractivity contribution in [2.75, 3.05) is 13.6 Å². The maximum Gasteiger partial charge on any atom is 0.320 e. The van der Waals surface area contributed by atoms with E-state index in [1.54, 1.807) is 6.92 Å². The van der Waals surface area contributed by atoms with E-state index in [2.05, 4.69) is 13.8 Å². The summed E-state index contributed by atoms with van der Waals surface area (Å²) in [5.41, 5.74) is 0. The normalized spacial score (nSPS) is 14.0. The summed E-state index contributed by atoms with van der Waals surface area (Å²) in [7, 11) is 1.83. The summed E-state index contributed by atoms with van der Waals surface area (Å²) in [5.74, 6) is -0.241. The minimum atomic E-state index is -0.756. The third-order valence-electron chi connectivity index (χ3n) is 1.67. The summed E-state index contributed by atoms with van der Waals surface area (Å²) >= 11 is 0. The molecule has 0 spiro atoms. The molecule has 0 saturated heterocycles. The average Bonchev–Trinajstić information content (AvgIpc) is 1.84. The molecule has 0 bridgehead atoms. The van der Waals surface area contributed by atoms with Crippen LogP contribution in [-0.2, 0) is 4.79 Å². The fraction of sp³-hybridized carbons (Fsp3) is 0.875. The lowest BCUT2D eigenvalue weighted by molar-refractivity contribution is -0.142. The molecular formula is C8H17NO2. The second-order valence-corrected chi connectivity index (χ2v) is 3.35. The number of carbonyl (C=O) groups is 1. The smallest absolute Gasteiger partial charge is 0.320 e. The van der Waals surface area contributed by atoms with Crippen molar-refractivity contribution in [1.82, 2.24) is 4.90 Å². The number of nitrogens with zero attached hydrogens (tertiary/aromatic N) is 1. The van der Waals surface area contributed by atoms with E-state index in [9.17, 15) is 4.79 Å². The zero-order valence-corrected chi connectivity index (χ0v) is 7.66. The van der Waals surface area contributed by atoms with E-state index in [1.807, 2.05) is 11.9 Å². The van der Waals surface area contributed by atoms with Gasteiger partial charge in [0.2, 0.25) is 0 Å². The minimum Gasteiger partial charge on any atom is -0.480 e. The molecule has 0 radical (unpaired) electrons. The van der Waals surface area contributed by atoms with Crippen LogP contribution < -0.4 is 0 Å². The van der Waals surface area contributed by atoms with Crippen molar-refractivity contribution in [3.8, 4) is 0 Å². The summed E-state index contributed by atoms with van der Waals surface area (Å²) in [6.45, 7) is 6.67. The van der Waals surface area contributed by atoms with Gasteiger partial charge in [0.25, 0.3) is 0 Å². The molecule has 0 amide bonds. The van der Waals surface area contributed by atoms with Crippen molar-refractivity contribution in [2.45, 2.75) is 26.8 Å². The average molecular weight is 159 g/mol. The van der Waals surface area contributed by atoms with Crippen molar-refractivity contribution in [3.05, 3.63) is 0 Å². The molecule has 1 N–H and O–H groups in total. The van der Waals surface area contributed by atoms with Gasteiger partial charge in [0, 0.05) is 6.54 Å².